The van der Waals surface area contributed by atoms with Crippen LogP contribution in [0.4, 0.5) is 0 Å². The van der Waals surface area contributed by atoms with Crippen molar-refractivity contribution in [3.05, 3.63) is 60.4 Å². The lowest BCUT2D eigenvalue weighted by Gasteiger charge is -2.06. The van der Waals surface area contributed by atoms with Gasteiger partial charge in [0.15, 0.2) is 0 Å². The molecule has 2 aromatic carbocycles. The van der Waals surface area contributed by atoms with Gasteiger partial charge in [-0.2, -0.15) is 8.42 Å². The van der Waals surface area contributed by atoms with Gasteiger partial charge in [0.05, 0.1) is 0 Å². The van der Waals surface area contributed by atoms with Gasteiger partial charge in [-0.05, 0) is 17.7 Å². The summed E-state index contributed by atoms with van der Waals surface area (Å²) in [5, 5.41) is 4.53. The fourth-order valence-electron chi connectivity index (χ4n) is 1.85. The van der Waals surface area contributed by atoms with E-state index in [2.05, 4.69) is 5.16 Å². The molecule has 0 bridgehead atoms. The van der Waals surface area contributed by atoms with Crippen LogP contribution in [0.1, 0.15) is 5.56 Å². The molecule has 0 spiro atoms. The summed E-state index contributed by atoms with van der Waals surface area (Å²) in [5.41, 5.74) is 1.23. The van der Waals surface area contributed by atoms with E-state index in [1.807, 2.05) is 6.07 Å². The molecule has 0 unspecified atom stereocenters. The van der Waals surface area contributed by atoms with Gasteiger partial charge in [0, 0.05) is 11.5 Å². The molecule has 1 heterocycles. The molecule has 0 aliphatic rings. The largest absolute Gasteiger partial charge is 0.382 e. The lowest BCUT2D eigenvalue weighted by atomic mass is 10.2. The van der Waals surface area contributed by atoms with Gasteiger partial charge in [-0.1, -0.05) is 35.5 Å². The van der Waals surface area contributed by atoms with E-state index in [1.54, 1.807) is 36.4 Å². The SMILES string of the molecule is O=S(=O)(Cc1ccccc1)Oc1ccc2conc2c1. The van der Waals surface area contributed by atoms with E-state index in [0.29, 0.717) is 11.1 Å². The highest BCUT2D eigenvalue weighted by Crippen LogP contribution is 2.21. The van der Waals surface area contributed by atoms with Crippen LogP contribution >= 0.6 is 0 Å². The number of aromatic nitrogens is 1. The van der Waals surface area contributed by atoms with E-state index in [9.17, 15) is 8.42 Å². The van der Waals surface area contributed by atoms with Crippen molar-refractivity contribution < 1.29 is 17.1 Å². The van der Waals surface area contributed by atoms with Gasteiger partial charge in [0.25, 0.3) is 0 Å². The first-order valence-corrected chi connectivity index (χ1v) is 7.50. The Hall–Kier alpha value is -2.34. The lowest BCUT2D eigenvalue weighted by Crippen LogP contribution is -2.12. The van der Waals surface area contributed by atoms with E-state index in [1.165, 1.54) is 12.3 Å². The summed E-state index contributed by atoms with van der Waals surface area (Å²) in [5.74, 6) is 0.0485. The summed E-state index contributed by atoms with van der Waals surface area (Å²) in [6.45, 7) is 0. The Morgan fingerprint density at radius 1 is 1.10 bits per heavy atom. The Balaban J connectivity index is 1.82. The minimum atomic E-state index is -3.70. The Labute approximate surface area is 115 Å². The van der Waals surface area contributed by atoms with Crippen LogP contribution in [0.3, 0.4) is 0 Å². The van der Waals surface area contributed by atoms with Crippen LogP contribution in [0.25, 0.3) is 10.9 Å². The second kappa shape index (κ2) is 4.97. The van der Waals surface area contributed by atoms with Crippen LogP contribution in [-0.4, -0.2) is 13.6 Å². The van der Waals surface area contributed by atoms with Crippen molar-refractivity contribution >= 4 is 21.0 Å². The molecule has 5 nitrogen and oxygen atoms in total. The van der Waals surface area contributed by atoms with E-state index in [0.717, 1.165) is 5.39 Å². The van der Waals surface area contributed by atoms with Crippen molar-refractivity contribution in [1.29, 1.82) is 0 Å². The van der Waals surface area contributed by atoms with E-state index < -0.39 is 10.1 Å². The van der Waals surface area contributed by atoms with Crippen LogP contribution in [0.5, 0.6) is 5.75 Å². The highest BCUT2D eigenvalue weighted by atomic mass is 32.2. The molecule has 1 aromatic heterocycles. The van der Waals surface area contributed by atoms with Crippen LogP contribution in [-0.2, 0) is 15.9 Å². The van der Waals surface area contributed by atoms with Crippen LogP contribution in [0.15, 0.2) is 59.3 Å². The fourth-order valence-corrected chi connectivity index (χ4v) is 2.90. The molecular weight excluding hydrogens is 278 g/mol. The number of hydrogen-bond donors (Lipinski definition) is 0. The number of nitrogens with zero attached hydrogens (tertiary/aromatic N) is 1. The predicted molar refractivity (Wildman–Crippen MR) is 73.7 cm³/mol. The zero-order valence-electron chi connectivity index (χ0n) is 10.4. The van der Waals surface area contributed by atoms with E-state index >= 15 is 0 Å². The first-order valence-electron chi connectivity index (χ1n) is 5.93. The van der Waals surface area contributed by atoms with Crippen molar-refractivity contribution in [2.75, 3.05) is 0 Å². The Morgan fingerprint density at radius 2 is 1.90 bits per heavy atom. The molecule has 3 rings (SSSR count). The van der Waals surface area contributed by atoms with Gasteiger partial charge in [-0.15, -0.1) is 0 Å². The quantitative estimate of drug-likeness (QED) is 0.691. The number of benzene rings is 2. The molecule has 0 N–H and O–H groups in total. The molecule has 0 aliphatic carbocycles. The number of rotatable bonds is 4. The second-order valence-electron chi connectivity index (χ2n) is 4.31. The predicted octanol–water partition coefficient (Wildman–Crippen LogP) is 2.74. The van der Waals surface area contributed by atoms with E-state index in [4.69, 9.17) is 8.71 Å². The molecule has 3 aromatic rings. The average molecular weight is 289 g/mol. The molecular formula is C14H11NO4S. The number of fused-ring (bicyclic) bond motifs is 1. The van der Waals surface area contributed by atoms with Crippen LogP contribution in [0.2, 0.25) is 0 Å². The molecule has 102 valence electrons. The maximum atomic E-state index is 12.0. The third-order valence-electron chi connectivity index (χ3n) is 2.74. The third kappa shape index (κ3) is 2.80. The maximum absolute atomic E-state index is 12.0. The molecule has 0 fully saturated rings. The first-order chi connectivity index (χ1) is 9.62. The minimum Gasteiger partial charge on any atom is -0.382 e. The van der Waals surface area contributed by atoms with Gasteiger partial charge >= 0.3 is 10.1 Å². The minimum absolute atomic E-state index is 0.176. The summed E-state index contributed by atoms with van der Waals surface area (Å²) in [6.07, 6.45) is 1.48. The monoisotopic (exact) mass is 289 g/mol. The van der Waals surface area contributed by atoms with Crippen molar-refractivity contribution in [3.63, 3.8) is 0 Å². The maximum Gasteiger partial charge on any atom is 0.313 e. The summed E-state index contributed by atoms with van der Waals surface area (Å²) in [6, 6.07) is 13.7. The van der Waals surface area contributed by atoms with Gasteiger partial charge < -0.3 is 8.71 Å². The third-order valence-corrected chi connectivity index (χ3v) is 3.88. The van der Waals surface area contributed by atoms with Crippen molar-refractivity contribution in [1.82, 2.24) is 5.16 Å². The summed E-state index contributed by atoms with van der Waals surface area (Å²) in [7, 11) is -3.70. The summed E-state index contributed by atoms with van der Waals surface area (Å²) in [4.78, 5) is 0. The lowest BCUT2D eigenvalue weighted by molar-refractivity contribution is 0.428. The van der Waals surface area contributed by atoms with Crippen molar-refractivity contribution in [2.24, 2.45) is 0 Å². The first kappa shape index (κ1) is 12.7. The molecule has 6 heteroatoms. The molecule has 0 radical (unpaired) electrons. The normalized spacial score (nSPS) is 11.6. The van der Waals surface area contributed by atoms with Crippen molar-refractivity contribution in [2.45, 2.75) is 5.75 Å². The molecule has 0 aliphatic heterocycles. The zero-order chi connectivity index (χ0) is 14.0. The Kier molecular flexibility index (Phi) is 3.15. The van der Waals surface area contributed by atoms with Gasteiger partial charge in [0.1, 0.15) is 23.3 Å². The molecule has 0 atom stereocenters. The average Bonchev–Trinajstić information content (AvgIpc) is 2.86. The topological polar surface area (TPSA) is 69.4 Å². The molecule has 0 saturated carbocycles. The van der Waals surface area contributed by atoms with Gasteiger partial charge in [-0.3, -0.25) is 0 Å². The number of hydrogen-bond acceptors (Lipinski definition) is 5. The van der Waals surface area contributed by atoms with Crippen LogP contribution < -0.4 is 4.18 Å². The van der Waals surface area contributed by atoms with E-state index in [-0.39, 0.29) is 11.5 Å². The molecule has 0 amide bonds. The van der Waals surface area contributed by atoms with Gasteiger partial charge in [0.2, 0.25) is 0 Å². The summed E-state index contributed by atoms with van der Waals surface area (Å²) < 4.78 is 33.8. The fraction of sp³-hybridized carbons (Fsp3) is 0.0714. The smallest absolute Gasteiger partial charge is 0.313 e. The molecule has 0 saturated heterocycles. The second-order valence-corrected chi connectivity index (χ2v) is 5.88. The molecule has 20 heavy (non-hydrogen) atoms. The van der Waals surface area contributed by atoms with Crippen LogP contribution in [0, 0.1) is 0 Å². The standard InChI is InChI=1S/C14H11NO4S/c16-20(17,10-11-4-2-1-3-5-11)19-13-7-6-12-9-18-15-14(12)8-13/h1-9H,10H2. The van der Waals surface area contributed by atoms with Crippen molar-refractivity contribution in [3.8, 4) is 5.75 Å². The summed E-state index contributed by atoms with van der Waals surface area (Å²) >= 11 is 0. The Bertz CT molecular complexity index is 825. The highest BCUT2D eigenvalue weighted by Gasteiger charge is 2.14. The Morgan fingerprint density at radius 3 is 2.70 bits per heavy atom. The highest BCUT2D eigenvalue weighted by molar-refractivity contribution is 7.86. The zero-order valence-corrected chi connectivity index (χ0v) is 11.2. The van der Waals surface area contributed by atoms with Gasteiger partial charge in [-0.25, -0.2) is 0 Å².